The Kier molecular flexibility index (Phi) is 3.00. The summed E-state index contributed by atoms with van der Waals surface area (Å²) in [7, 11) is 1.79. The van der Waals surface area contributed by atoms with E-state index in [9.17, 15) is 10.2 Å². The van der Waals surface area contributed by atoms with Crippen LogP contribution < -0.4 is 0 Å². The average Bonchev–Trinajstić information content (AvgIpc) is 3.01. The van der Waals surface area contributed by atoms with Crippen molar-refractivity contribution in [3.05, 3.63) is 35.4 Å². The molecule has 2 aliphatic carbocycles. The highest BCUT2D eigenvalue weighted by Gasteiger charge is 2.74. The van der Waals surface area contributed by atoms with Crippen LogP contribution in [0.1, 0.15) is 24.0 Å². The Morgan fingerprint density at radius 2 is 2.11 bits per heavy atom. The molecular weight excluding hydrogens is 382 g/mol. The van der Waals surface area contributed by atoms with Gasteiger partial charge in [0.25, 0.3) is 0 Å². The Morgan fingerprint density at radius 1 is 1.29 bits per heavy atom. The maximum absolute atomic E-state index is 10.9. The Labute approximate surface area is 164 Å². The minimum atomic E-state index is -0.971. The maximum atomic E-state index is 10.9. The van der Waals surface area contributed by atoms with E-state index >= 15 is 0 Å². The predicted molar refractivity (Wildman–Crippen MR) is 101 cm³/mol. The molecule has 0 saturated heterocycles. The molecule has 0 amide bonds. The van der Waals surface area contributed by atoms with Crippen molar-refractivity contribution < 1.29 is 10.2 Å². The number of hydrogen-bond donors (Lipinski definition) is 3. The largest absolute Gasteiger partial charge is 0.389 e. The molecular formula is C18H18ClN7O2. The topological polar surface area (TPSA) is 118 Å². The third-order valence-electron chi connectivity index (χ3n) is 6.39. The molecule has 0 bridgehead atoms. The first kappa shape index (κ1) is 16.5. The van der Waals surface area contributed by atoms with Crippen molar-refractivity contribution in [2.75, 3.05) is 0 Å². The van der Waals surface area contributed by atoms with Crippen LogP contribution in [0.4, 0.5) is 0 Å². The number of fused-ring (bicyclic) bond motifs is 4. The van der Waals surface area contributed by atoms with Crippen LogP contribution in [0.25, 0.3) is 22.1 Å². The first-order chi connectivity index (χ1) is 13.4. The van der Waals surface area contributed by atoms with E-state index < -0.39 is 17.6 Å². The van der Waals surface area contributed by atoms with Gasteiger partial charge >= 0.3 is 0 Å². The summed E-state index contributed by atoms with van der Waals surface area (Å²) in [5.41, 5.74) is 2.46. The monoisotopic (exact) mass is 399 g/mol. The summed E-state index contributed by atoms with van der Waals surface area (Å²) in [6, 6.07) is 1.57. The summed E-state index contributed by atoms with van der Waals surface area (Å²) < 4.78 is 3.46. The number of H-pyrrole nitrogens is 1. The second kappa shape index (κ2) is 5.11. The molecule has 4 aromatic heterocycles. The fourth-order valence-corrected chi connectivity index (χ4v) is 5.28. The molecule has 2 fully saturated rings. The molecule has 0 aliphatic heterocycles. The second-order valence-corrected chi connectivity index (χ2v) is 8.34. The van der Waals surface area contributed by atoms with Crippen LogP contribution in [0.3, 0.4) is 0 Å². The lowest BCUT2D eigenvalue weighted by Gasteiger charge is -2.23. The minimum Gasteiger partial charge on any atom is -0.389 e. The molecule has 0 radical (unpaired) electrons. The molecule has 9 nitrogen and oxygen atoms in total. The zero-order valence-electron chi connectivity index (χ0n) is 15.2. The van der Waals surface area contributed by atoms with Crippen molar-refractivity contribution >= 4 is 33.7 Å². The highest BCUT2D eigenvalue weighted by molar-refractivity contribution is 6.35. The van der Waals surface area contributed by atoms with Gasteiger partial charge in [0.2, 0.25) is 0 Å². The smallest absolute Gasteiger partial charge is 0.164 e. The summed E-state index contributed by atoms with van der Waals surface area (Å²) in [5, 5.41) is 27.3. The number of aliphatic hydroxyl groups is 2. The maximum Gasteiger partial charge on any atom is 0.164 e. The van der Waals surface area contributed by atoms with Crippen LogP contribution in [0.2, 0.25) is 5.15 Å². The highest BCUT2D eigenvalue weighted by Crippen LogP contribution is 2.67. The van der Waals surface area contributed by atoms with E-state index in [0.717, 1.165) is 16.6 Å². The van der Waals surface area contributed by atoms with Crippen LogP contribution in [0.15, 0.2) is 18.7 Å². The van der Waals surface area contributed by atoms with Gasteiger partial charge < -0.3 is 19.8 Å². The number of nitrogens with one attached hydrogen (secondary N) is 1. The standard InChI is InChI=1S/C18H18ClN7O2/c1-7-3-8-10(22-7)11-16(23-15(8)19)26(6-20-11)12-9-4-18(9,14(28)13(12)27)17-21-5-25(2)24-17/h3,5-6,9,12-14,22,27-28H,4H2,1-2H3/t9-,12-,13+,14+,18+/m1/s1. The number of rotatable bonds is 2. The number of pyridine rings is 1. The summed E-state index contributed by atoms with van der Waals surface area (Å²) in [5.74, 6) is 0.575. The van der Waals surface area contributed by atoms with Crippen molar-refractivity contribution in [3.8, 4) is 0 Å². The van der Waals surface area contributed by atoms with Crippen molar-refractivity contribution in [2.24, 2.45) is 13.0 Å². The number of hydrogen-bond acceptors (Lipinski definition) is 6. The third-order valence-corrected chi connectivity index (χ3v) is 6.68. The molecule has 4 heterocycles. The molecule has 144 valence electrons. The highest BCUT2D eigenvalue weighted by atomic mass is 35.5. The third kappa shape index (κ3) is 1.84. The first-order valence-electron chi connectivity index (χ1n) is 9.15. The van der Waals surface area contributed by atoms with E-state index in [1.807, 2.05) is 17.6 Å². The number of aliphatic hydroxyl groups excluding tert-OH is 2. The molecule has 6 rings (SSSR count). The molecule has 28 heavy (non-hydrogen) atoms. The van der Waals surface area contributed by atoms with E-state index in [0.29, 0.717) is 28.6 Å². The molecule has 0 aromatic carbocycles. The van der Waals surface area contributed by atoms with E-state index in [1.165, 1.54) is 0 Å². The van der Waals surface area contributed by atoms with Gasteiger partial charge in [0, 0.05) is 18.1 Å². The molecule has 2 saturated carbocycles. The lowest BCUT2D eigenvalue weighted by molar-refractivity contribution is -0.00394. The molecule has 5 atom stereocenters. The van der Waals surface area contributed by atoms with Crippen molar-refractivity contribution in [3.63, 3.8) is 0 Å². The van der Waals surface area contributed by atoms with Crippen molar-refractivity contribution in [1.82, 2.24) is 34.3 Å². The Balaban J connectivity index is 1.51. The summed E-state index contributed by atoms with van der Waals surface area (Å²) in [6.07, 6.45) is 2.07. The fraction of sp³-hybridized carbons (Fsp3) is 0.444. The molecule has 10 heteroatoms. The number of imidazole rings is 1. The van der Waals surface area contributed by atoms with Gasteiger partial charge in [0.05, 0.1) is 29.4 Å². The number of aromatic nitrogens is 7. The van der Waals surface area contributed by atoms with E-state index in [4.69, 9.17) is 11.6 Å². The second-order valence-electron chi connectivity index (χ2n) is 7.99. The van der Waals surface area contributed by atoms with Crippen LogP contribution >= 0.6 is 11.6 Å². The zero-order valence-corrected chi connectivity index (χ0v) is 16.0. The first-order valence-corrected chi connectivity index (χ1v) is 9.53. The van der Waals surface area contributed by atoms with E-state index in [1.54, 1.807) is 24.4 Å². The SMILES string of the molecule is Cc1cc2c(Cl)nc3c(ncn3[C@H]3[C@H](O)[C@H](O)[C@]4(c5ncn(C)n5)C[C@H]34)c2[nH]1. The molecule has 0 spiro atoms. The average molecular weight is 400 g/mol. The Morgan fingerprint density at radius 3 is 2.86 bits per heavy atom. The Bertz CT molecular complexity index is 1260. The molecule has 3 N–H and O–H groups in total. The van der Waals surface area contributed by atoms with Crippen LogP contribution in [-0.4, -0.2) is 56.7 Å². The number of nitrogens with zero attached hydrogens (tertiary/aromatic N) is 6. The number of halogens is 1. The van der Waals surface area contributed by atoms with Crippen molar-refractivity contribution in [2.45, 2.75) is 37.0 Å². The fourth-order valence-electron chi connectivity index (χ4n) is 5.05. The molecule has 2 aliphatic rings. The van der Waals surface area contributed by atoms with Gasteiger partial charge in [0.15, 0.2) is 11.5 Å². The Hall–Kier alpha value is -2.49. The van der Waals surface area contributed by atoms with Gasteiger partial charge in [-0.05, 0) is 25.3 Å². The normalized spacial score (nSPS) is 31.8. The quantitative estimate of drug-likeness (QED) is 0.436. The van der Waals surface area contributed by atoms with Gasteiger partial charge in [-0.15, -0.1) is 0 Å². The van der Waals surface area contributed by atoms with Gasteiger partial charge in [-0.3, -0.25) is 4.68 Å². The summed E-state index contributed by atoms with van der Waals surface area (Å²) in [4.78, 5) is 16.7. The van der Waals surface area contributed by atoms with Crippen LogP contribution in [0, 0.1) is 12.8 Å². The van der Waals surface area contributed by atoms with E-state index in [2.05, 4.69) is 25.0 Å². The lowest BCUT2D eigenvalue weighted by atomic mass is 9.98. The number of aromatic amines is 1. The molecule has 0 unspecified atom stereocenters. The van der Waals surface area contributed by atoms with E-state index in [-0.39, 0.29) is 12.0 Å². The van der Waals surface area contributed by atoms with Gasteiger partial charge in [-0.25, -0.2) is 15.0 Å². The van der Waals surface area contributed by atoms with Gasteiger partial charge in [-0.1, -0.05) is 11.6 Å². The predicted octanol–water partition coefficient (Wildman–Crippen LogP) is 1.24. The minimum absolute atomic E-state index is 0.000972. The van der Waals surface area contributed by atoms with Gasteiger partial charge in [-0.2, -0.15) is 5.10 Å². The van der Waals surface area contributed by atoms with Gasteiger partial charge in [0.1, 0.15) is 23.1 Å². The molecule has 4 aromatic rings. The van der Waals surface area contributed by atoms with Crippen LogP contribution in [-0.2, 0) is 12.5 Å². The summed E-state index contributed by atoms with van der Waals surface area (Å²) in [6.45, 7) is 1.95. The number of aryl methyl sites for hydroxylation is 2. The summed E-state index contributed by atoms with van der Waals surface area (Å²) >= 11 is 6.42. The lowest BCUT2D eigenvalue weighted by Crippen LogP contribution is -2.36. The zero-order chi connectivity index (χ0) is 19.4. The van der Waals surface area contributed by atoms with Crippen LogP contribution in [0.5, 0.6) is 0 Å². The van der Waals surface area contributed by atoms with Crippen molar-refractivity contribution in [1.29, 1.82) is 0 Å².